The lowest BCUT2D eigenvalue weighted by Crippen LogP contribution is -2.37. The van der Waals surface area contributed by atoms with Crippen LogP contribution in [0.2, 0.25) is 0 Å². The maximum Gasteiger partial charge on any atom is 0.241 e. The van der Waals surface area contributed by atoms with Gasteiger partial charge in [-0.1, -0.05) is 6.07 Å². The third-order valence-corrected chi connectivity index (χ3v) is 5.96. The summed E-state index contributed by atoms with van der Waals surface area (Å²) in [5.41, 5.74) is 0.926. The Balaban J connectivity index is 2.99. The molecule has 5 nitrogen and oxygen atoms in total. The number of nitrogens with one attached hydrogen (secondary N) is 1. The van der Waals surface area contributed by atoms with E-state index in [1.807, 2.05) is 6.92 Å². The monoisotopic (exact) mass is 369 g/mol. The molecule has 1 aromatic carbocycles. The highest BCUT2D eigenvalue weighted by Gasteiger charge is 2.22. The summed E-state index contributed by atoms with van der Waals surface area (Å²) in [6.45, 7) is 3.36. The predicted octanol–water partition coefficient (Wildman–Crippen LogP) is 1.47. The first kappa shape index (κ1) is 16.6. The molecule has 1 atom stereocenters. The molecule has 1 unspecified atom stereocenters. The highest BCUT2D eigenvalue weighted by atomic mass is 79.9. The van der Waals surface area contributed by atoms with Crippen LogP contribution >= 0.6 is 15.9 Å². The van der Waals surface area contributed by atoms with Crippen molar-refractivity contribution in [3.63, 3.8) is 0 Å². The van der Waals surface area contributed by atoms with Crippen LogP contribution in [-0.2, 0) is 19.9 Å². The third-order valence-electron chi connectivity index (χ3n) is 2.29. The number of hydrogen-bond acceptors (Lipinski definition) is 4. The lowest BCUT2D eigenvalue weighted by Gasteiger charge is -2.14. The van der Waals surface area contributed by atoms with Crippen LogP contribution in [0.5, 0.6) is 0 Å². The van der Waals surface area contributed by atoms with Gasteiger partial charge in [0.15, 0.2) is 0 Å². The molecule has 0 saturated carbocycles. The summed E-state index contributed by atoms with van der Waals surface area (Å²) in [6, 6.07) is 4.17. The van der Waals surface area contributed by atoms with Crippen molar-refractivity contribution in [2.75, 3.05) is 12.0 Å². The number of sulfone groups is 1. The smallest absolute Gasteiger partial charge is 0.229 e. The van der Waals surface area contributed by atoms with Crippen molar-refractivity contribution in [2.45, 2.75) is 24.8 Å². The van der Waals surface area contributed by atoms with Gasteiger partial charge in [0.05, 0.1) is 10.6 Å². The lowest BCUT2D eigenvalue weighted by atomic mass is 10.2. The molecule has 108 valence electrons. The molecule has 0 radical (unpaired) electrons. The van der Waals surface area contributed by atoms with E-state index in [0.717, 1.165) is 11.8 Å². The van der Waals surface area contributed by atoms with Crippen molar-refractivity contribution in [1.82, 2.24) is 4.72 Å². The van der Waals surface area contributed by atoms with Crippen LogP contribution in [0.15, 0.2) is 27.6 Å². The maximum atomic E-state index is 12.1. The lowest BCUT2D eigenvalue weighted by molar-refractivity contribution is 0.564. The van der Waals surface area contributed by atoms with E-state index in [0.29, 0.717) is 4.47 Å². The van der Waals surface area contributed by atoms with Gasteiger partial charge in [-0.05, 0) is 47.5 Å². The number of hydrogen-bond donors (Lipinski definition) is 1. The van der Waals surface area contributed by atoms with Crippen molar-refractivity contribution in [3.05, 3.63) is 28.2 Å². The zero-order valence-electron chi connectivity index (χ0n) is 10.8. The molecule has 0 aliphatic carbocycles. The van der Waals surface area contributed by atoms with E-state index >= 15 is 0 Å². The average molecular weight is 370 g/mol. The Labute approximate surface area is 122 Å². The molecule has 0 fully saturated rings. The third kappa shape index (κ3) is 5.21. The standard InChI is InChI=1S/C11H16BrNO4S2/c1-8-4-5-11(10(12)6-8)19(16,17)13-9(2)7-18(3,14)15/h4-6,9,13H,7H2,1-3H3. The van der Waals surface area contributed by atoms with Crippen LogP contribution in [0.1, 0.15) is 12.5 Å². The van der Waals surface area contributed by atoms with E-state index in [2.05, 4.69) is 20.7 Å². The molecule has 0 bridgehead atoms. The molecule has 1 aromatic rings. The second-order valence-electron chi connectivity index (χ2n) is 4.55. The largest absolute Gasteiger partial charge is 0.241 e. The molecule has 0 aromatic heterocycles. The number of benzene rings is 1. The zero-order valence-corrected chi connectivity index (χ0v) is 14.1. The first-order chi connectivity index (χ1) is 8.51. The fraction of sp³-hybridized carbons (Fsp3) is 0.455. The van der Waals surface area contributed by atoms with Crippen molar-refractivity contribution in [1.29, 1.82) is 0 Å². The second-order valence-corrected chi connectivity index (χ2v) is 9.27. The van der Waals surface area contributed by atoms with Crippen molar-refractivity contribution >= 4 is 35.8 Å². The van der Waals surface area contributed by atoms with Gasteiger partial charge in [0, 0.05) is 16.8 Å². The van der Waals surface area contributed by atoms with Crippen LogP contribution in [0.3, 0.4) is 0 Å². The van der Waals surface area contributed by atoms with Crippen LogP contribution in [0, 0.1) is 6.92 Å². The number of aryl methyl sites for hydroxylation is 1. The Bertz CT molecular complexity index is 668. The molecular formula is C11H16BrNO4S2. The van der Waals surface area contributed by atoms with Gasteiger partial charge in [0.2, 0.25) is 10.0 Å². The van der Waals surface area contributed by atoms with Gasteiger partial charge in [-0.3, -0.25) is 0 Å². The molecule has 0 aliphatic heterocycles. The van der Waals surface area contributed by atoms with E-state index < -0.39 is 25.9 Å². The van der Waals surface area contributed by atoms with Gasteiger partial charge < -0.3 is 0 Å². The maximum absolute atomic E-state index is 12.1. The summed E-state index contributed by atoms with van der Waals surface area (Å²) < 4.78 is 49.3. The van der Waals surface area contributed by atoms with Gasteiger partial charge >= 0.3 is 0 Å². The minimum atomic E-state index is -3.74. The number of halogens is 1. The molecule has 8 heteroatoms. The Morgan fingerprint density at radius 1 is 1.26 bits per heavy atom. The number of sulfonamides is 1. The quantitative estimate of drug-likeness (QED) is 0.851. The Morgan fingerprint density at radius 3 is 2.32 bits per heavy atom. The van der Waals surface area contributed by atoms with Crippen molar-refractivity contribution < 1.29 is 16.8 Å². The van der Waals surface area contributed by atoms with Gasteiger partial charge in [0.25, 0.3) is 0 Å². The van der Waals surface area contributed by atoms with Crippen LogP contribution in [0.4, 0.5) is 0 Å². The van der Waals surface area contributed by atoms with Crippen LogP contribution in [-0.4, -0.2) is 34.9 Å². The summed E-state index contributed by atoms with van der Waals surface area (Å²) in [6.07, 6.45) is 1.07. The minimum Gasteiger partial charge on any atom is -0.229 e. The molecule has 1 rings (SSSR count). The average Bonchev–Trinajstić information content (AvgIpc) is 2.11. The normalized spacial score (nSPS) is 14.3. The molecule has 0 saturated heterocycles. The minimum absolute atomic E-state index is 0.0958. The van der Waals surface area contributed by atoms with Crippen molar-refractivity contribution in [3.8, 4) is 0 Å². The second kappa shape index (κ2) is 5.90. The first-order valence-corrected chi connectivity index (χ1v) is 9.81. The van der Waals surface area contributed by atoms with Gasteiger partial charge in [0.1, 0.15) is 9.84 Å². The van der Waals surface area contributed by atoms with E-state index in [4.69, 9.17) is 0 Å². The Hall–Kier alpha value is -0.440. The molecule has 0 heterocycles. The highest BCUT2D eigenvalue weighted by molar-refractivity contribution is 9.10. The van der Waals surface area contributed by atoms with Gasteiger partial charge in [-0.2, -0.15) is 0 Å². The molecule has 0 amide bonds. The molecule has 1 N–H and O–H groups in total. The summed E-state index contributed by atoms with van der Waals surface area (Å²) in [4.78, 5) is 0.0958. The molecular weight excluding hydrogens is 354 g/mol. The fourth-order valence-electron chi connectivity index (χ4n) is 1.64. The summed E-state index contributed by atoms with van der Waals surface area (Å²) in [5, 5.41) is 0. The molecule has 0 aliphatic rings. The topological polar surface area (TPSA) is 80.3 Å². The number of rotatable bonds is 5. The Morgan fingerprint density at radius 2 is 1.84 bits per heavy atom. The highest BCUT2D eigenvalue weighted by Crippen LogP contribution is 2.23. The SMILES string of the molecule is Cc1ccc(S(=O)(=O)NC(C)CS(C)(=O)=O)c(Br)c1. The predicted molar refractivity (Wildman–Crippen MR) is 78.4 cm³/mol. The van der Waals surface area contributed by atoms with Crippen LogP contribution in [0.25, 0.3) is 0 Å². The summed E-state index contributed by atoms with van der Waals surface area (Å²) in [7, 11) is -6.97. The van der Waals surface area contributed by atoms with E-state index in [-0.39, 0.29) is 10.6 Å². The first-order valence-electron chi connectivity index (χ1n) is 5.47. The van der Waals surface area contributed by atoms with E-state index in [1.165, 1.54) is 13.0 Å². The Kier molecular flexibility index (Phi) is 5.16. The van der Waals surface area contributed by atoms with Crippen molar-refractivity contribution in [2.24, 2.45) is 0 Å². The summed E-state index contributed by atoms with van der Waals surface area (Å²) in [5.74, 6) is -0.240. The molecule has 0 spiro atoms. The summed E-state index contributed by atoms with van der Waals surface area (Å²) >= 11 is 3.20. The van der Waals surface area contributed by atoms with Gasteiger partial charge in [-0.25, -0.2) is 21.6 Å². The molecule has 19 heavy (non-hydrogen) atoms. The van der Waals surface area contributed by atoms with E-state index in [1.54, 1.807) is 12.1 Å². The van der Waals surface area contributed by atoms with E-state index in [9.17, 15) is 16.8 Å². The zero-order chi connectivity index (χ0) is 14.8. The van der Waals surface area contributed by atoms with Gasteiger partial charge in [-0.15, -0.1) is 0 Å². The van der Waals surface area contributed by atoms with Crippen LogP contribution < -0.4 is 4.72 Å². The fourth-order valence-corrected chi connectivity index (χ4v) is 5.17.